The average molecular weight is 361 g/mol. The van der Waals surface area contributed by atoms with E-state index in [-0.39, 0.29) is 17.4 Å². The molecule has 0 fully saturated rings. The van der Waals surface area contributed by atoms with Crippen LogP contribution in [-0.2, 0) is 6.54 Å². The van der Waals surface area contributed by atoms with Crippen LogP contribution >= 0.6 is 0 Å². The number of anilines is 2. The maximum Gasteiger partial charge on any atom is 0.274 e. The summed E-state index contributed by atoms with van der Waals surface area (Å²) < 4.78 is 0. The van der Waals surface area contributed by atoms with E-state index >= 15 is 0 Å². The van der Waals surface area contributed by atoms with E-state index in [0.29, 0.717) is 29.4 Å². The third-order valence-corrected chi connectivity index (χ3v) is 3.82. The van der Waals surface area contributed by atoms with Gasteiger partial charge in [0, 0.05) is 36.3 Å². The van der Waals surface area contributed by atoms with E-state index in [9.17, 15) is 9.59 Å². The third-order valence-electron chi connectivity index (χ3n) is 3.82. The predicted octanol–water partition coefficient (Wildman–Crippen LogP) is 3.25. The number of hydrogen-bond donors (Lipinski definition) is 2. The number of benzene rings is 1. The predicted molar refractivity (Wildman–Crippen MR) is 103 cm³/mol. The molecule has 0 unspecified atom stereocenters. The Labute approximate surface area is 156 Å². The van der Waals surface area contributed by atoms with Crippen molar-refractivity contribution in [2.24, 2.45) is 0 Å². The molecule has 0 bridgehead atoms. The van der Waals surface area contributed by atoms with E-state index in [2.05, 4.69) is 25.6 Å². The molecule has 2 aromatic heterocycles. The van der Waals surface area contributed by atoms with Crippen molar-refractivity contribution in [2.45, 2.75) is 20.4 Å². The van der Waals surface area contributed by atoms with E-state index in [0.717, 1.165) is 5.56 Å². The first-order chi connectivity index (χ1) is 13.0. The SMILES string of the molecule is CC(=O)c1cccc(NC(=O)c2cc(NCc3ccncc3)nc(C)n2)c1. The summed E-state index contributed by atoms with van der Waals surface area (Å²) in [5.41, 5.74) is 2.36. The average Bonchev–Trinajstić information content (AvgIpc) is 2.67. The Balaban J connectivity index is 1.74. The van der Waals surface area contributed by atoms with Gasteiger partial charge in [-0.05, 0) is 43.7 Å². The molecule has 0 atom stereocenters. The van der Waals surface area contributed by atoms with Crippen LogP contribution in [0.1, 0.15) is 39.2 Å². The standard InChI is InChI=1S/C20H19N5O2/c1-13(26)16-4-3-5-17(10-16)25-20(27)18-11-19(24-14(2)23-18)22-12-15-6-8-21-9-7-15/h3-11H,12H2,1-2H3,(H,25,27)(H,22,23,24). The summed E-state index contributed by atoms with van der Waals surface area (Å²) >= 11 is 0. The molecule has 7 heteroatoms. The molecule has 0 aliphatic heterocycles. The second-order valence-electron chi connectivity index (χ2n) is 5.99. The zero-order valence-corrected chi connectivity index (χ0v) is 15.1. The number of Topliss-reactive ketones (excluding diaryl/α,β-unsaturated/α-hetero) is 1. The van der Waals surface area contributed by atoms with Gasteiger partial charge < -0.3 is 10.6 Å². The Morgan fingerprint density at radius 1 is 1.04 bits per heavy atom. The summed E-state index contributed by atoms with van der Waals surface area (Å²) in [5, 5.41) is 5.95. The zero-order valence-electron chi connectivity index (χ0n) is 15.1. The molecule has 1 aromatic carbocycles. The van der Waals surface area contributed by atoms with Crippen LogP contribution in [0.3, 0.4) is 0 Å². The highest BCUT2D eigenvalue weighted by molar-refractivity contribution is 6.04. The van der Waals surface area contributed by atoms with E-state index in [4.69, 9.17) is 0 Å². The minimum atomic E-state index is -0.367. The Kier molecular flexibility index (Phi) is 5.51. The molecule has 0 spiro atoms. The molecule has 0 aliphatic rings. The topological polar surface area (TPSA) is 96.9 Å². The van der Waals surface area contributed by atoms with Gasteiger partial charge in [0.1, 0.15) is 17.3 Å². The first kappa shape index (κ1) is 18.2. The van der Waals surface area contributed by atoms with Crippen molar-refractivity contribution in [3.8, 4) is 0 Å². The minimum absolute atomic E-state index is 0.0634. The number of hydrogen-bond acceptors (Lipinski definition) is 6. The number of ketones is 1. The highest BCUT2D eigenvalue weighted by Crippen LogP contribution is 2.14. The molecule has 3 aromatic rings. The molecule has 2 N–H and O–H groups in total. The Morgan fingerprint density at radius 2 is 1.81 bits per heavy atom. The van der Waals surface area contributed by atoms with Crippen LogP contribution < -0.4 is 10.6 Å². The highest BCUT2D eigenvalue weighted by Gasteiger charge is 2.12. The molecule has 0 saturated heterocycles. The summed E-state index contributed by atoms with van der Waals surface area (Å²) in [5.74, 6) is 0.610. The van der Waals surface area contributed by atoms with Gasteiger partial charge in [0.2, 0.25) is 0 Å². The van der Waals surface area contributed by atoms with Gasteiger partial charge in [-0.25, -0.2) is 9.97 Å². The number of carbonyl (C=O) groups excluding carboxylic acids is 2. The lowest BCUT2D eigenvalue weighted by Crippen LogP contribution is -2.16. The molecule has 7 nitrogen and oxygen atoms in total. The van der Waals surface area contributed by atoms with E-state index in [1.54, 1.807) is 49.6 Å². The monoisotopic (exact) mass is 361 g/mol. The van der Waals surface area contributed by atoms with Gasteiger partial charge >= 0.3 is 0 Å². The van der Waals surface area contributed by atoms with Gasteiger partial charge in [-0.1, -0.05) is 12.1 Å². The first-order valence-electron chi connectivity index (χ1n) is 8.42. The number of pyridine rings is 1. The number of aryl methyl sites for hydroxylation is 1. The number of nitrogens with zero attached hydrogens (tertiary/aromatic N) is 3. The molecule has 0 aliphatic carbocycles. The van der Waals surface area contributed by atoms with Gasteiger partial charge in [-0.2, -0.15) is 0 Å². The molecule has 136 valence electrons. The fourth-order valence-electron chi connectivity index (χ4n) is 2.48. The number of carbonyl (C=O) groups is 2. The van der Waals surface area contributed by atoms with Gasteiger partial charge in [0.05, 0.1) is 0 Å². The lowest BCUT2D eigenvalue weighted by atomic mass is 10.1. The van der Waals surface area contributed by atoms with Crippen LogP contribution in [0.5, 0.6) is 0 Å². The van der Waals surface area contributed by atoms with Crippen molar-refractivity contribution in [1.82, 2.24) is 15.0 Å². The molecule has 3 rings (SSSR count). The van der Waals surface area contributed by atoms with Crippen molar-refractivity contribution in [1.29, 1.82) is 0 Å². The quantitative estimate of drug-likeness (QED) is 0.654. The summed E-state index contributed by atoms with van der Waals surface area (Å²) in [6.07, 6.45) is 3.44. The van der Waals surface area contributed by atoms with Crippen molar-refractivity contribution in [3.05, 3.63) is 77.5 Å². The highest BCUT2D eigenvalue weighted by atomic mass is 16.2. The summed E-state index contributed by atoms with van der Waals surface area (Å²) in [6.45, 7) is 3.76. The van der Waals surface area contributed by atoms with Crippen LogP contribution in [0.4, 0.5) is 11.5 Å². The summed E-state index contributed by atoms with van der Waals surface area (Å²) in [6, 6.07) is 12.2. The molecule has 2 heterocycles. The fraction of sp³-hybridized carbons (Fsp3) is 0.150. The maximum absolute atomic E-state index is 12.6. The van der Waals surface area contributed by atoms with Crippen molar-refractivity contribution in [2.75, 3.05) is 10.6 Å². The summed E-state index contributed by atoms with van der Waals surface area (Å²) in [4.78, 5) is 36.5. The zero-order chi connectivity index (χ0) is 19.2. The molecule has 27 heavy (non-hydrogen) atoms. The molecule has 0 saturated carbocycles. The maximum atomic E-state index is 12.6. The van der Waals surface area contributed by atoms with Crippen LogP contribution in [0.25, 0.3) is 0 Å². The lowest BCUT2D eigenvalue weighted by Gasteiger charge is -2.10. The second-order valence-corrected chi connectivity index (χ2v) is 5.99. The van der Waals surface area contributed by atoms with Crippen LogP contribution in [0, 0.1) is 6.92 Å². The van der Waals surface area contributed by atoms with Crippen LogP contribution in [-0.4, -0.2) is 26.6 Å². The third kappa shape index (κ3) is 4.94. The molecular weight excluding hydrogens is 342 g/mol. The largest absolute Gasteiger partial charge is 0.366 e. The van der Waals surface area contributed by atoms with Gasteiger partial charge in [0.25, 0.3) is 5.91 Å². The smallest absolute Gasteiger partial charge is 0.274 e. The fourth-order valence-corrected chi connectivity index (χ4v) is 2.48. The van der Waals surface area contributed by atoms with Crippen LogP contribution in [0.15, 0.2) is 54.9 Å². The van der Waals surface area contributed by atoms with E-state index in [1.165, 1.54) is 6.92 Å². The van der Waals surface area contributed by atoms with E-state index < -0.39 is 0 Å². The second kappa shape index (κ2) is 8.18. The Hall–Kier alpha value is -3.61. The summed E-state index contributed by atoms with van der Waals surface area (Å²) in [7, 11) is 0. The Bertz CT molecular complexity index is 973. The van der Waals surface area contributed by atoms with E-state index in [1.807, 2.05) is 12.1 Å². The number of aromatic nitrogens is 3. The van der Waals surface area contributed by atoms with Crippen molar-refractivity contribution < 1.29 is 9.59 Å². The molecule has 0 radical (unpaired) electrons. The number of rotatable bonds is 6. The molecular formula is C20H19N5O2. The molecule has 1 amide bonds. The lowest BCUT2D eigenvalue weighted by molar-refractivity contribution is 0.100. The van der Waals surface area contributed by atoms with Gasteiger partial charge in [-0.3, -0.25) is 14.6 Å². The minimum Gasteiger partial charge on any atom is -0.366 e. The first-order valence-corrected chi connectivity index (χ1v) is 8.42. The van der Waals surface area contributed by atoms with Crippen molar-refractivity contribution in [3.63, 3.8) is 0 Å². The van der Waals surface area contributed by atoms with Crippen LogP contribution in [0.2, 0.25) is 0 Å². The number of nitrogens with one attached hydrogen (secondary N) is 2. The normalized spacial score (nSPS) is 10.3. The van der Waals surface area contributed by atoms with Crippen molar-refractivity contribution >= 4 is 23.2 Å². The van der Waals surface area contributed by atoms with Gasteiger partial charge in [-0.15, -0.1) is 0 Å². The van der Waals surface area contributed by atoms with Gasteiger partial charge in [0.15, 0.2) is 5.78 Å². The number of amides is 1. The Morgan fingerprint density at radius 3 is 2.56 bits per heavy atom.